The van der Waals surface area contributed by atoms with Crippen LogP contribution >= 0.6 is 0 Å². The fourth-order valence-corrected chi connectivity index (χ4v) is 5.76. The molecule has 11 heteroatoms. The van der Waals surface area contributed by atoms with Gasteiger partial charge in [-0.2, -0.15) is 0 Å². The number of carbonyl (C=O) groups excluding carboxylic acids is 1. The first-order valence-corrected chi connectivity index (χ1v) is 12.2. The van der Waals surface area contributed by atoms with Crippen molar-refractivity contribution in [2.75, 3.05) is 28.5 Å². The molecule has 162 valence electrons. The summed E-state index contributed by atoms with van der Waals surface area (Å²) < 4.78 is 64.6. The maximum Gasteiger partial charge on any atom is 0.265 e. The van der Waals surface area contributed by atoms with Crippen LogP contribution in [-0.4, -0.2) is 42.2 Å². The zero-order chi connectivity index (χ0) is 22.1. The molecule has 30 heavy (non-hydrogen) atoms. The second-order valence-electron chi connectivity index (χ2n) is 6.60. The summed E-state index contributed by atoms with van der Waals surface area (Å²) >= 11 is 0. The standard InChI is InChI=1S/C19H22N2O7S2/c1-4-28-17-8-6-14(21-19(22)9-10-29(21,23)24)12-18(17)30(25,26)20-15-11-13(2)5-7-16(15)27-3/h5-8,11-12,20H,4,9-10H2,1-3H3. The number of benzene rings is 2. The molecule has 1 amide bonds. The van der Waals surface area contributed by atoms with Crippen molar-refractivity contribution in [2.45, 2.75) is 25.2 Å². The number of methoxy groups -OCH3 is 1. The van der Waals surface area contributed by atoms with Crippen LogP contribution in [0, 0.1) is 6.92 Å². The summed E-state index contributed by atoms with van der Waals surface area (Å²) in [6.45, 7) is 3.68. The Bertz CT molecular complexity index is 1190. The summed E-state index contributed by atoms with van der Waals surface area (Å²) in [7, 11) is -6.64. The molecule has 2 aromatic rings. The molecule has 1 aliphatic rings. The van der Waals surface area contributed by atoms with Gasteiger partial charge in [0.05, 0.1) is 30.8 Å². The molecule has 3 rings (SSSR count). The summed E-state index contributed by atoms with van der Waals surface area (Å²) in [5, 5.41) is 0. The van der Waals surface area contributed by atoms with Gasteiger partial charge in [-0.25, -0.2) is 21.1 Å². The summed E-state index contributed by atoms with van der Waals surface area (Å²) in [6.07, 6.45) is -0.156. The number of hydrogen-bond acceptors (Lipinski definition) is 7. The van der Waals surface area contributed by atoms with Gasteiger partial charge in [-0.05, 0) is 49.7 Å². The highest BCUT2D eigenvalue weighted by atomic mass is 32.2. The molecule has 1 heterocycles. The van der Waals surface area contributed by atoms with Crippen molar-refractivity contribution in [3.63, 3.8) is 0 Å². The first-order valence-electron chi connectivity index (χ1n) is 9.09. The van der Waals surface area contributed by atoms with Gasteiger partial charge in [-0.1, -0.05) is 6.07 Å². The lowest BCUT2D eigenvalue weighted by Crippen LogP contribution is -2.29. The lowest BCUT2D eigenvalue weighted by molar-refractivity contribution is -0.116. The molecule has 0 bridgehead atoms. The molecule has 1 fully saturated rings. The zero-order valence-electron chi connectivity index (χ0n) is 16.7. The van der Waals surface area contributed by atoms with Gasteiger partial charge in [0.2, 0.25) is 15.9 Å². The van der Waals surface area contributed by atoms with Crippen LogP contribution in [0.2, 0.25) is 0 Å². The maximum absolute atomic E-state index is 13.2. The fraction of sp³-hybridized carbons (Fsp3) is 0.316. The number of aryl methyl sites for hydroxylation is 1. The predicted molar refractivity (Wildman–Crippen MR) is 112 cm³/mol. The average molecular weight is 455 g/mol. The molecule has 1 saturated heterocycles. The van der Waals surface area contributed by atoms with Gasteiger partial charge in [0.15, 0.2) is 0 Å². The molecular formula is C19H22N2O7S2. The van der Waals surface area contributed by atoms with Crippen LogP contribution in [0.5, 0.6) is 11.5 Å². The molecule has 0 saturated carbocycles. The van der Waals surface area contributed by atoms with Gasteiger partial charge in [0.25, 0.3) is 10.0 Å². The number of nitrogens with zero attached hydrogens (tertiary/aromatic N) is 1. The third kappa shape index (κ3) is 4.21. The van der Waals surface area contributed by atoms with Gasteiger partial charge in [-0.15, -0.1) is 0 Å². The SMILES string of the molecule is CCOc1ccc(N2C(=O)CCS2(=O)=O)cc1S(=O)(=O)Nc1cc(C)ccc1OC. The van der Waals surface area contributed by atoms with Crippen molar-refractivity contribution in [3.8, 4) is 11.5 Å². The molecule has 2 aromatic carbocycles. The number of carbonyl (C=O) groups is 1. The lowest BCUT2D eigenvalue weighted by Gasteiger charge is -2.19. The summed E-state index contributed by atoms with van der Waals surface area (Å²) in [5.74, 6) is -0.587. The minimum Gasteiger partial charge on any atom is -0.495 e. The zero-order valence-corrected chi connectivity index (χ0v) is 18.3. The van der Waals surface area contributed by atoms with Crippen LogP contribution in [0.3, 0.4) is 0 Å². The Hall–Kier alpha value is -2.79. The van der Waals surface area contributed by atoms with Crippen LogP contribution in [-0.2, 0) is 24.8 Å². The normalized spacial score (nSPS) is 15.8. The van der Waals surface area contributed by atoms with Crippen molar-refractivity contribution >= 4 is 37.3 Å². The Kier molecular flexibility index (Phi) is 5.95. The Morgan fingerprint density at radius 3 is 2.43 bits per heavy atom. The highest BCUT2D eigenvalue weighted by Gasteiger charge is 2.37. The molecule has 0 aromatic heterocycles. The van der Waals surface area contributed by atoms with Gasteiger partial charge < -0.3 is 9.47 Å². The van der Waals surface area contributed by atoms with Crippen LogP contribution < -0.4 is 18.5 Å². The third-order valence-corrected chi connectivity index (χ3v) is 7.51. The number of nitrogens with one attached hydrogen (secondary N) is 1. The Morgan fingerprint density at radius 1 is 1.13 bits per heavy atom. The molecule has 0 atom stereocenters. The molecule has 9 nitrogen and oxygen atoms in total. The first kappa shape index (κ1) is 21.9. The van der Waals surface area contributed by atoms with E-state index in [1.165, 1.54) is 19.2 Å². The number of rotatable bonds is 7. The van der Waals surface area contributed by atoms with Crippen molar-refractivity contribution in [2.24, 2.45) is 0 Å². The average Bonchev–Trinajstić information content (AvgIpc) is 2.95. The van der Waals surface area contributed by atoms with Crippen LogP contribution in [0.15, 0.2) is 41.3 Å². The number of ether oxygens (including phenoxy) is 2. The van der Waals surface area contributed by atoms with E-state index in [1.807, 2.05) is 0 Å². The van der Waals surface area contributed by atoms with E-state index in [1.54, 1.807) is 32.0 Å². The monoisotopic (exact) mass is 454 g/mol. The Labute approximate surface area is 175 Å². The number of sulfonamides is 2. The van der Waals surface area contributed by atoms with Gasteiger partial charge in [-0.3, -0.25) is 9.52 Å². The Balaban J connectivity index is 2.11. The van der Waals surface area contributed by atoms with Crippen LogP contribution in [0.25, 0.3) is 0 Å². The van der Waals surface area contributed by atoms with Crippen molar-refractivity contribution in [1.29, 1.82) is 0 Å². The van der Waals surface area contributed by atoms with E-state index in [-0.39, 0.29) is 40.8 Å². The summed E-state index contributed by atoms with van der Waals surface area (Å²) in [5.41, 5.74) is 0.966. The van der Waals surface area contributed by atoms with E-state index in [0.717, 1.165) is 11.6 Å². The second-order valence-corrected chi connectivity index (χ2v) is 10.2. The number of amides is 1. The summed E-state index contributed by atoms with van der Waals surface area (Å²) in [6, 6.07) is 8.81. The number of anilines is 2. The van der Waals surface area contributed by atoms with Crippen molar-refractivity contribution in [1.82, 2.24) is 0 Å². The minimum atomic E-state index is -4.21. The molecule has 1 N–H and O–H groups in total. The fourth-order valence-electron chi connectivity index (χ4n) is 3.08. The van der Waals surface area contributed by atoms with Crippen molar-refractivity contribution in [3.05, 3.63) is 42.0 Å². The molecule has 0 radical (unpaired) electrons. The van der Waals surface area contributed by atoms with E-state index in [9.17, 15) is 21.6 Å². The Morgan fingerprint density at radius 2 is 1.83 bits per heavy atom. The topological polar surface area (TPSA) is 119 Å². The highest BCUT2D eigenvalue weighted by Crippen LogP contribution is 2.35. The van der Waals surface area contributed by atoms with Gasteiger partial charge in [0.1, 0.15) is 16.4 Å². The minimum absolute atomic E-state index is 0.0319. The second kappa shape index (κ2) is 8.15. The van der Waals surface area contributed by atoms with Gasteiger partial charge >= 0.3 is 0 Å². The molecule has 0 spiro atoms. The molecule has 0 unspecified atom stereocenters. The van der Waals surface area contributed by atoms with E-state index in [2.05, 4.69) is 4.72 Å². The quantitative estimate of drug-likeness (QED) is 0.681. The molecular weight excluding hydrogens is 432 g/mol. The first-order chi connectivity index (χ1) is 14.1. The maximum atomic E-state index is 13.2. The highest BCUT2D eigenvalue weighted by molar-refractivity contribution is 7.94. The molecule has 1 aliphatic heterocycles. The third-order valence-electron chi connectivity index (χ3n) is 4.43. The molecule has 0 aliphatic carbocycles. The van der Waals surface area contributed by atoms with E-state index < -0.39 is 26.0 Å². The number of hydrogen-bond donors (Lipinski definition) is 1. The van der Waals surface area contributed by atoms with Crippen molar-refractivity contribution < 1.29 is 31.1 Å². The van der Waals surface area contributed by atoms with E-state index in [4.69, 9.17) is 9.47 Å². The van der Waals surface area contributed by atoms with Crippen LogP contribution in [0.4, 0.5) is 11.4 Å². The van der Waals surface area contributed by atoms with E-state index in [0.29, 0.717) is 10.1 Å². The van der Waals surface area contributed by atoms with E-state index >= 15 is 0 Å². The van der Waals surface area contributed by atoms with Crippen LogP contribution in [0.1, 0.15) is 18.9 Å². The summed E-state index contributed by atoms with van der Waals surface area (Å²) in [4.78, 5) is 11.8. The largest absolute Gasteiger partial charge is 0.495 e. The van der Waals surface area contributed by atoms with Gasteiger partial charge in [0, 0.05) is 6.42 Å². The predicted octanol–water partition coefficient (Wildman–Crippen LogP) is 2.27. The smallest absolute Gasteiger partial charge is 0.265 e. The lowest BCUT2D eigenvalue weighted by atomic mass is 10.2.